The molecular weight excluding hydrogens is 182 g/mol. The Morgan fingerprint density at radius 1 is 1.50 bits per heavy atom. The number of hydrogen-bond acceptors (Lipinski definition) is 2. The molecule has 0 aliphatic carbocycles. The Labute approximate surface area is 83.9 Å². The van der Waals surface area contributed by atoms with Crippen molar-refractivity contribution in [3.8, 4) is 0 Å². The first-order valence-corrected chi connectivity index (χ1v) is 5.04. The van der Waals surface area contributed by atoms with Gasteiger partial charge in [-0.15, -0.1) is 0 Å². The minimum atomic E-state index is -0.875. The van der Waals surface area contributed by atoms with Gasteiger partial charge in [0.25, 0.3) is 0 Å². The lowest BCUT2D eigenvalue weighted by Crippen LogP contribution is -2.40. The predicted octanol–water partition coefficient (Wildman–Crippen LogP) is 1.11. The summed E-state index contributed by atoms with van der Waals surface area (Å²) in [5.74, 6) is -0.609. The fourth-order valence-electron chi connectivity index (χ4n) is 1.79. The molecule has 1 heterocycles. The molecular formula is C10H17NO3. The molecule has 4 heteroatoms. The average molecular weight is 199 g/mol. The molecule has 0 aromatic carbocycles. The van der Waals surface area contributed by atoms with Crippen LogP contribution in [0.4, 0.5) is 0 Å². The van der Waals surface area contributed by atoms with E-state index in [1.165, 1.54) is 4.90 Å². The number of rotatable bonds is 3. The summed E-state index contributed by atoms with van der Waals surface area (Å²) in [6.07, 6.45) is 1.85. The van der Waals surface area contributed by atoms with Gasteiger partial charge in [0.1, 0.15) is 6.04 Å². The van der Waals surface area contributed by atoms with Crippen LogP contribution in [0.15, 0.2) is 0 Å². The molecule has 80 valence electrons. The van der Waals surface area contributed by atoms with Gasteiger partial charge in [-0.3, -0.25) is 4.79 Å². The number of carboxylic acid groups (broad SMARTS) is 1. The maximum Gasteiger partial charge on any atom is 0.326 e. The third kappa shape index (κ3) is 2.47. The quantitative estimate of drug-likeness (QED) is 0.740. The van der Waals surface area contributed by atoms with Crippen molar-refractivity contribution >= 4 is 11.9 Å². The molecule has 1 N–H and O–H groups in total. The van der Waals surface area contributed by atoms with Crippen LogP contribution in [0.1, 0.15) is 33.1 Å². The third-order valence-electron chi connectivity index (χ3n) is 2.44. The van der Waals surface area contributed by atoms with Crippen molar-refractivity contribution in [3.05, 3.63) is 0 Å². The summed E-state index contributed by atoms with van der Waals surface area (Å²) in [5.41, 5.74) is 0. The van der Waals surface area contributed by atoms with E-state index in [2.05, 4.69) is 0 Å². The van der Waals surface area contributed by atoms with Gasteiger partial charge < -0.3 is 10.0 Å². The number of likely N-dealkylation sites (tertiary alicyclic amines) is 1. The van der Waals surface area contributed by atoms with Crippen molar-refractivity contribution in [1.82, 2.24) is 4.90 Å². The Hall–Kier alpha value is -1.06. The number of carbonyl (C=O) groups excluding carboxylic acids is 1. The minimum absolute atomic E-state index is 0.0232. The van der Waals surface area contributed by atoms with Gasteiger partial charge in [-0.05, 0) is 18.8 Å². The normalized spacial score (nSPS) is 21.6. The molecule has 0 saturated carbocycles. The van der Waals surface area contributed by atoms with Gasteiger partial charge >= 0.3 is 5.97 Å². The van der Waals surface area contributed by atoms with Crippen LogP contribution in [0.2, 0.25) is 0 Å². The van der Waals surface area contributed by atoms with Crippen molar-refractivity contribution in [2.45, 2.75) is 39.2 Å². The van der Waals surface area contributed by atoms with E-state index in [1.54, 1.807) is 0 Å². The van der Waals surface area contributed by atoms with Crippen LogP contribution in [0.5, 0.6) is 0 Å². The lowest BCUT2D eigenvalue weighted by molar-refractivity contribution is -0.148. The second-order valence-corrected chi connectivity index (χ2v) is 4.18. The van der Waals surface area contributed by atoms with Crippen LogP contribution in [0.3, 0.4) is 0 Å². The SMILES string of the molecule is CC(C)CC(=O)N1CCC[C@@H]1C(=O)O. The molecule has 0 aromatic heterocycles. The number of hydrogen-bond donors (Lipinski definition) is 1. The minimum Gasteiger partial charge on any atom is -0.480 e. The summed E-state index contributed by atoms with van der Waals surface area (Å²) in [6.45, 7) is 4.52. The van der Waals surface area contributed by atoms with Crippen LogP contribution < -0.4 is 0 Å². The van der Waals surface area contributed by atoms with Crippen molar-refractivity contribution < 1.29 is 14.7 Å². The molecule has 1 aliphatic heterocycles. The van der Waals surface area contributed by atoms with Crippen molar-refractivity contribution in [2.24, 2.45) is 5.92 Å². The van der Waals surface area contributed by atoms with Crippen molar-refractivity contribution in [3.63, 3.8) is 0 Å². The Morgan fingerprint density at radius 2 is 2.14 bits per heavy atom. The number of carboxylic acids is 1. The van der Waals surface area contributed by atoms with Crippen LogP contribution in [-0.4, -0.2) is 34.5 Å². The summed E-state index contributed by atoms with van der Waals surface area (Å²) < 4.78 is 0. The molecule has 1 saturated heterocycles. The fraction of sp³-hybridized carbons (Fsp3) is 0.800. The van der Waals surface area contributed by atoms with E-state index in [-0.39, 0.29) is 11.8 Å². The van der Waals surface area contributed by atoms with Gasteiger partial charge in [0.05, 0.1) is 0 Å². The third-order valence-corrected chi connectivity index (χ3v) is 2.44. The molecule has 0 spiro atoms. The number of aliphatic carboxylic acids is 1. The van der Waals surface area contributed by atoms with Crippen molar-refractivity contribution in [1.29, 1.82) is 0 Å². The molecule has 1 atom stereocenters. The highest BCUT2D eigenvalue weighted by Crippen LogP contribution is 2.19. The van der Waals surface area contributed by atoms with E-state index in [1.807, 2.05) is 13.8 Å². The molecule has 0 unspecified atom stereocenters. The fourth-order valence-corrected chi connectivity index (χ4v) is 1.79. The van der Waals surface area contributed by atoms with E-state index in [0.29, 0.717) is 19.4 Å². The molecule has 1 fully saturated rings. The summed E-state index contributed by atoms with van der Waals surface area (Å²) in [7, 11) is 0. The van der Waals surface area contributed by atoms with E-state index < -0.39 is 12.0 Å². The van der Waals surface area contributed by atoms with E-state index in [9.17, 15) is 9.59 Å². The average Bonchev–Trinajstić information content (AvgIpc) is 2.49. The topological polar surface area (TPSA) is 57.6 Å². The molecule has 4 nitrogen and oxygen atoms in total. The lowest BCUT2D eigenvalue weighted by Gasteiger charge is -2.22. The first kappa shape index (κ1) is 11.0. The number of carbonyl (C=O) groups is 2. The maximum absolute atomic E-state index is 11.6. The van der Waals surface area contributed by atoms with E-state index in [4.69, 9.17) is 5.11 Å². The Kier molecular flexibility index (Phi) is 3.49. The monoisotopic (exact) mass is 199 g/mol. The van der Waals surface area contributed by atoms with Crippen LogP contribution in [0, 0.1) is 5.92 Å². The molecule has 1 rings (SSSR count). The zero-order valence-electron chi connectivity index (χ0n) is 8.69. The van der Waals surface area contributed by atoms with Gasteiger partial charge in [0.15, 0.2) is 0 Å². The Morgan fingerprint density at radius 3 is 2.64 bits per heavy atom. The second-order valence-electron chi connectivity index (χ2n) is 4.18. The Bertz CT molecular complexity index is 238. The number of nitrogens with zero attached hydrogens (tertiary/aromatic N) is 1. The predicted molar refractivity (Wildman–Crippen MR) is 51.8 cm³/mol. The summed E-state index contributed by atoms with van der Waals surface area (Å²) in [4.78, 5) is 23.9. The zero-order chi connectivity index (χ0) is 10.7. The van der Waals surface area contributed by atoms with Crippen molar-refractivity contribution in [2.75, 3.05) is 6.54 Å². The standard InChI is InChI=1S/C10H17NO3/c1-7(2)6-9(12)11-5-3-4-8(11)10(13)14/h7-8H,3-6H2,1-2H3,(H,13,14)/t8-/m1/s1. The molecule has 0 bridgehead atoms. The van der Waals surface area contributed by atoms with Gasteiger partial charge in [0.2, 0.25) is 5.91 Å². The van der Waals surface area contributed by atoms with Crippen LogP contribution in [0.25, 0.3) is 0 Å². The zero-order valence-corrected chi connectivity index (χ0v) is 8.69. The van der Waals surface area contributed by atoms with Gasteiger partial charge in [-0.2, -0.15) is 0 Å². The molecule has 1 aliphatic rings. The first-order chi connectivity index (χ1) is 6.52. The highest BCUT2D eigenvalue weighted by atomic mass is 16.4. The Balaban J connectivity index is 2.58. The number of amides is 1. The largest absolute Gasteiger partial charge is 0.480 e. The van der Waals surface area contributed by atoms with Gasteiger partial charge in [-0.25, -0.2) is 4.79 Å². The molecule has 1 amide bonds. The highest BCUT2D eigenvalue weighted by Gasteiger charge is 2.33. The summed E-state index contributed by atoms with van der Waals surface area (Å²) in [5, 5.41) is 8.87. The van der Waals surface area contributed by atoms with E-state index in [0.717, 1.165) is 6.42 Å². The smallest absolute Gasteiger partial charge is 0.326 e. The first-order valence-electron chi connectivity index (χ1n) is 5.04. The lowest BCUT2D eigenvalue weighted by atomic mass is 10.1. The molecule has 0 aromatic rings. The second kappa shape index (κ2) is 4.44. The molecule has 14 heavy (non-hydrogen) atoms. The summed E-state index contributed by atoms with van der Waals surface area (Å²) >= 11 is 0. The highest BCUT2D eigenvalue weighted by molar-refractivity contribution is 5.84. The maximum atomic E-state index is 11.6. The molecule has 0 radical (unpaired) electrons. The van der Waals surface area contributed by atoms with Crippen LogP contribution in [-0.2, 0) is 9.59 Å². The van der Waals surface area contributed by atoms with Gasteiger partial charge in [-0.1, -0.05) is 13.8 Å². The van der Waals surface area contributed by atoms with E-state index >= 15 is 0 Å². The van der Waals surface area contributed by atoms with Gasteiger partial charge in [0, 0.05) is 13.0 Å². The van der Waals surface area contributed by atoms with Crippen LogP contribution >= 0.6 is 0 Å². The summed E-state index contributed by atoms with van der Waals surface area (Å²) in [6, 6.07) is -0.582.